The number of imide groups is 1. The minimum absolute atomic E-state index is 0.0222. The molecule has 0 saturated carbocycles. The predicted octanol–water partition coefficient (Wildman–Crippen LogP) is 2.94. The second-order valence-electron chi connectivity index (χ2n) is 5.40. The summed E-state index contributed by atoms with van der Waals surface area (Å²) in [5, 5.41) is 4.55. The molecule has 10 heteroatoms. The first-order valence-corrected chi connectivity index (χ1v) is 8.29. The van der Waals surface area contributed by atoms with Crippen molar-refractivity contribution in [2.45, 2.75) is 0 Å². The largest absolute Gasteiger partial charge is 0.382 e. The molecule has 0 unspecified atom stereocenters. The first kappa shape index (κ1) is 17.2. The second kappa shape index (κ2) is 6.49. The fraction of sp³-hybridized carbons (Fsp3) is 0. The molecule has 3 aromatic rings. The van der Waals surface area contributed by atoms with Gasteiger partial charge in [0, 0.05) is 12.3 Å². The van der Waals surface area contributed by atoms with Crippen LogP contribution in [0, 0.1) is 0 Å². The van der Waals surface area contributed by atoms with E-state index in [4.69, 9.17) is 28.0 Å². The van der Waals surface area contributed by atoms with E-state index >= 15 is 0 Å². The fourth-order valence-electron chi connectivity index (χ4n) is 2.57. The highest BCUT2D eigenvalue weighted by molar-refractivity contribution is 6.32. The molecule has 0 radical (unpaired) electrons. The highest BCUT2D eigenvalue weighted by Crippen LogP contribution is 2.25. The van der Waals surface area contributed by atoms with Gasteiger partial charge in [-0.15, -0.1) is 0 Å². The Balaban J connectivity index is 1.67. The van der Waals surface area contributed by atoms with Crippen LogP contribution in [-0.2, 0) is 4.84 Å². The fourth-order valence-corrected chi connectivity index (χ4v) is 2.95. The maximum Gasteiger partial charge on any atom is 0.382 e. The van der Waals surface area contributed by atoms with Crippen molar-refractivity contribution in [2.75, 3.05) is 0 Å². The van der Waals surface area contributed by atoms with Gasteiger partial charge in [-0.05, 0) is 24.3 Å². The molecule has 2 aromatic heterocycles. The molecule has 8 nitrogen and oxygen atoms in total. The van der Waals surface area contributed by atoms with Gasteiger partial charge in [-0.1, -0.05) is 40.4 Å². The molecule has 0 N–H and O–H groups in total. The summed E-state index contributed by atoms with van der Waals surface area (Å²) in [5.41, 5.74) is 0.140. The lowest BCUT2D eigenvalue weighted by Gasteiger charge is -2.13. The highest BCUT2D eigenvalue weighted by Gasteiger charge is 2.39. The number of rotatable bonds is 3. The number of hydrogen-bond acceptors (Lipinski definition) is 6. The van der Waals surface area contributed by atoms with Crippen molar-refractivity contribution in [2.24, 2.45) is 0 Å². The van der Waals surface area contributed by atoms with Gasteiger partial charge in [-0.3, -0.25) is 9.59 Å². The minimum atomic E-state index is -1.02. The number of hydroxylamine groups is 2. The van der Waals surface area contributed by atoms with Crippen LogP contribution in [0.25, 0.3) is 5.82 Å². The average molecular weight is 403 g/mol. The third kappa shape index (κ3) is 2.84. The molecule has 0 atom stereocenters. The molecule has 1 aliphatic heterocycles. The molecule has 3 heterocycles. The summed E-state index contributed by atoms with van der Waals surface area (Å²) < 4.78 is 1.07. The molecule has 0 aliphatic carbocycles. The Morgan fingerprint density at radius 2 is 1.67 bits per heavy atom. The number of nitrogens with zero attached hydrogens (tertiary/aromatic N) is 4. The normalized spacial score (nSPS) is 13.0. The van der Waals surface area contributed by atoms with Crippen LogP contribution < -0.4 is 0 Å². The van der Waals surface area contributed by atoms with Crippen LogP contribution in [0.15, 0.2) is 48.7 Å². The third-order valence-electron chi connectivity index (χ3n) is 3.76. The summed E-state index contributed by atoms with van der Waals surface area (Å²) in [6.07, 6.45) is 1.45. The van der Waals surface area contributed by atoms with Gasteiger partial charge >= 0.3 is 5.97 Å². The first-order valence-electron chi connectivity index (χ1n) is 7.54. The lowest BCUT2D eigenvalue weighted by atomic mass is 10.1. The molecule has 1 aromatic carbocycles. The molecular weight excluding hydrogens is 395 g/mol. The summed E-state index contributed by atoms with van der Waals surface area (Å²) in [7, 11) is 0. The topological polar surface area (TPSA) is 94.4 Å². The van der Waals surface area contributed by atoms with Gasteiger partial charge in [0.1, 0.15) is 0 Å². The third-order valence-corrected chi connectivity index (χ3v) is 4.24. The van der Waals surface area contributed by atoms with Gasteiger partial charge in [-0.25, -0.2) is 14.5 Å². The molecule has 1 aliphatic rings. The molecule has 134 valence electrons. The molecule has 27 heavy (non-hydrogen) atoms. The van der Waals surface area contributed by atoms with Crippen molar-refractivity contribution >= 4 is 41.0 Å². The van der Waals surface area contributed by atoms with E-state index in [1.165, 1.54) is 24.4 Å². The number of amides is 2. The van der Waals surface area contributed by atoms with Crippen molar-refractivity contribution < 1.29 is 19.2 Å². The monoisotopic (exact) mass is 402 g/mol. The number of aromatic nitrogens is 3. The van der Waals surface area contributed by atoms with Crippen LogP contribution in [0.4, 0.5) is 0 Å². The van der Waals surface area contributed by atoms with Crippen LogP contribution in [0.5, 0.6) is 0 Å². The van der Waals surface area contributed by atoms with Gasteiger partial charge < -0.3 is 4.84 Å². The zero-order valence-electron chi connectivity index (χ0n) is 13.3. The number of carbonyl (C=O) groups is 3. The minimum Gasteiger partial charge on any atom is -0.323 e. The molecule has 4 rings (SSSR count). The maximum atomic E-state index is 12.6. The van der Waals surface area contributed by atoms with E-state index in [9.17, 15) is 14.4 Å². The van der Waals surface area contributed by atoms with E-state index in [-0.39, 0.29) is 32.8 Å². The zero-order chi connectivity index (χ0) is 19.1. The molecule has 0 saturated heterocycles. The molecule has 0 bridgehead atoms. The smallest absolute Gasteiger partial charge is 0.323 e. The predicted molar refractivity (Wildman–Crippen MR) is 93.7 cm³/mol. The molecule has 2 amide bonds. The van der Waals surface area contributed by atoms with Crippen LogP contribution in [0.3, 0.4) is 0 Å². The standard InChI is InChI=1S/C17H8Cl2N4O4/c18-11-6-3-7-20-14(11)22-12(8-13(19)21-22)17(26)27-23-15(24)9-4-1-2-5-10(9)16(23)25/h1-8H. The van der Waals surface area contributed by atoms with Gasteiger partial charge in [-0.2, -0.15) is 5.10 Å². The SMILES string of the molecule is O=C(ON1C(=O)c2ccccc2C1=O)c1cc(Cl)nn1-c1ncccc1Cl. The summed E-state index contributed by atoms with van der Waals surface area (Å²) in [4.78, 5) is 46.3. The van der Waals surface area contributed by atoms with E-state index in [1.54, 1.807) is 24.3 Å². The molecular formula is C17H8Cl2N4O4. The zero-order valence-corrected chi connectivity index (χ0v) is 14.8. The Labute approximate surface area is 161 Å². The lowest BCUT2D eigenvalue weighted by molar-refractivity contribution is -0.0590. The van der Waals surface area contributed by atoms with Gasteiger partial charge in [0.2, 0.25) is 0 Å². The van der Waals surface area contributed by atoms with Crippen molar-refractivity contribution in [3.8, 4) is 5.82 Å². The van der Waals surface area contributed by atoms with Gasteiger partial charge in [0.15, 0.2) is 16.7 Å². The Morgan fingerprint density at radius 1 is 1.00 bits per heavy atom. The van der Waals surface area contributed by atoms with Gasteiger partial charge in [0.05, 0.1) is 16.1 Å². The van der Waals surface area contributed by atoms with Crippen molar-refractivity contribution in [1.29, 1.82) is 0 Å². The van der Waals surface area contributed by atoms with E-state index < -0.39 is 17.8 Å². The Morgan fingerprint density at radius 3 is 2.30 bits per heavy atom. The van der Waals surface area contributed by atoms with Gasteiger partial charge in [0.25, 0.3) is 11.8 Å². The van der Waals surface area contributed by atoms with Crippen LogP contribution >= 0.6 is 23.2 Å². The van der Waals surface area contributed by atoms with E-state index in [0.717, 1.165) is 4.68 Å². The second-order valence-corrected chi connectivity index (χ2v) is 6.20. The lowest BCUT2D eigenvalue weighted by Crippen LogP contribution is -2.33. The van der Waals surface area contributed by atoms with Crippen LogP contribution in [0.1, 0.15) is 31.2 Å². The van der Waals surface area contributed by atoms with Crippen LogP contribution in [-0.4, -0.2) is 37.6 Å². The Bertz CT molecular complexity index is 1080. The van der Waals surface area contributed by atoms with Crippen molar-refractivity contribution in [3.63, 3.8) is 0 Å². The number of pyridine rings is 1. The number of fused-ring (bicyclic) bond motifs is 1. The van der Waals surface area contributed by atoms with E-state index in [1.807, 2.05) is 0 Å². The molecule has 0 spiro atoms. The van der Waals surface area contributed by atoms with E-state index in [2.05, 4.69) is 10.1 Å². The average Bonchev–Trinajstić information content (AvgIpc) is 3.16. The quantitative estimate of drug-likeness (QED) is 0.625. The summed E-state index contributed by atoms with van der Waals surface area (Å²) >= 11 is 12.0. The highest BCUT2D eigenvalue weighted by atomic mass is 35.5. The Hall–Kier alpha value is -3.23. The molecule has 0 fully saturated rings. The van der Waals surface area contributed by atoms with Crippen molar-refractivity contribution in [1.82, 2.24) is 19.8 Å². The number of benzene rings is 1. The first-order chi connectivity index (χ1) is 13.0. The van der Waals surface area contributed by atoms with E-state index in [0.29, 0.717) is 5.06 Å². The number of carbonyl (C=O) groups excluding carboxylic acids is 3. The summed E-state index contributed by atoms with van der Waals surface area (Å²) in [6, 6.07) is 10.5. The van der Waals surface area contributed by atoms with Crippen molar-refractivity contribution in [3.05, 3.63) is 75.7 Å². The number of hydrogen-bond donors (Lipinski definition) is 0. The van der Waals surface area contributed by atoms with Crippen LogP contribution in [0.2, 0.25) is 10.2 Å². The summed E-state index contributed by atoms with van der Waals surface area (Å²) in [6.45, 7) is 0. The maximum absolute atomic E-state index is 12.6. The number of halogens is 2. The summed E-state index contributed by atoms with van der Waals surface area (Å²) in [5.74, 6) is -2.36. The Kier molecular flexibility index (Phi) is 4.14.